The van der Waals surface area contributed by atoms with Crippen LogP contribution in [-0.4, -0.2) is 90.2 Å². The first-order valence-corrected chi connectivity index (χ1v) is 19.0. The number of ether oxygens (including phenoxy) is 3. The van der Waals surface area contributed by atoms with Gasteiger partial charge < -0.3 is 40.4 Å². The van der Waals surface area contributed by atoms with Crippen molar-refractivity contribution < 1.29 is 38.2 Å². The van der Waals surface area contributed by atoms with E-state index in [0.717, 1.165) is 5.56 Å². The van der Waals surface area contributed by atoms with E-state index in [-0.39, 0.29) is 37.9 Å². The summed E-state index contributed by atoms with van der Waals surface area (Å²) in [5.41, 5.74) is 2.85. The molecule has 57 heavy (non-hydrogen) atoms. The number of nitrogens with one attached hydrogen (secondary N) is 4. The summed E-state index contributed by atoms with van der Waals surface area (Å²) in [6.45, 7) is 6.01. The van der Waals surface area contributed by atoms with Gasteiger partial charge in [-0.2, -0.15) is 5.10 Å². The SMILES string of the molecule is CCn1cc(C(=O)N2CCCCNC(=O)c3ccc(OC)c(c3)Oc3ccc(c(OC)c3)CNC(=O)[C@H](C)NC(=O)[C@H](CCc3ccccc3)NC(=O)C2)c(C)n1. The molecular formula is C42H51N7O8. The summed E-state index contributed by atoms with van der Waals surface area (Å²) in [5, 5.41) is 15.8. The zero-order valence-electron chi connectivity index (χ0n) is 33.1. The highest BCUT2D eigenvalue weighted by molar-refractivity contribution is 5.98. The third kappa shape index (κ3) is 11.3. The van der Waals surface area contributed by atoms with Crippen LogP contribution in [0, 0.1) is 6.92 Å². The number of methoxy groups -OCH3 is 2. The Morgan fingerprint density at radius 2 is 1.68 bits per heavy atom. The van der Waals surface area contributed by atoms with Crippen molar-refractivity contribution in [1.29, 1.82) is 0 Å². The molecule has 0 aliphatic carbocycles. The number of hydrogen-bond donors (Lipinski definition) is 4. The number of aromatic nitrogens is 2. The molecule has 3 heterocycles. The summed E-state index contributed by atoms with van der Waals surface area (Å²) >= 11 is 0. The molecule has 2 atom stereocenters. The van der Waals surface area contributed by atoms with Crippen LogP contribution < -0.4 is 35.5 Å². The van der Waals surface area contributed by atoms with Gasteiger partial charge in [0.25, 0.3) is 11.8 Å². The van der Waals surface area contributed by atoms with Crippen molar-refractivity contribution >= 4 is 29.5 Å². The molecule has 302 valence electrons. The molecule has 15 heteroatoms. The fourth-order valence-electron chi connectivity index (χ4n) is 6.36. The fraction of sp³-hybridized carbons (Fsp3) is 0.381. The van der Waals surface area contributed by atoms with Gasteiger partial charge in [-0.3, -0.25) is 28.7 Å². The van der Waals surface area contributed by atoms with Crippen molar-refractivity contribution in [3.63, 3.8) is 0 Å². The molecule has 0 fully saturated rings. The van der Waals surface area contributed by atoms with Crippen LogP contribution >= 0.6 is 0 Å². The molecule has 15 nitrogen and oxygen atoms in total. The van der Waals surface area contributed by atoms with Gasteiger partial charge in [0.1, 0.15) is 23.6 Å². The quantitative estimate of drug-likeness (QED) is 0.202. The van der Waals surface area contributed by atoms with Crippen LogP contribution in [0.25, 0.3) is 0 Å². The van der Waals surface area contributed by atoms with E-state index in [1.807, 2.05) is 37.3 Å². The van der Waals surface area contributed by atoms with Crippen LogP contribution in [0.5, 0.6) is 23.0 Å². The highest BCUT2D eigenvalue weighted by atomic mass is 16.5. The molecule has 4 aromatic rings. The summed E-state index contributed by atoms with van der Waals surface area (Å²) in [7, 11) is 2.99. The number of fused-ring (bicyclic) bond motifs is 18. The molecule has 0 saturated heterocycles. The molecule has 0 unspecified atom stereocenters. The number of nitrogens with zero attached hydrogens (tertiary/aromatic N) is 3. The summed E-state index contributed by atoms with van der Waals surface area (Å²) in [6, 6.07) is 17.5. The first-order valence-electron chi connectivity index (χ1n) is 19.0. The molecule has 0 saturated carbocycles. The van der Waals surface area contributed by atoms with Crippen LogP contribution in [0.3, 0.4) is 0 Å². The Balaban J connectivity index is 1.42. The summed E-state index contributed by atoms with van der Waals surface area (Å²) in [4.78, 5) is 69.3. The van der Waals surface area contributed by atoms with Gasteiger partial charge >= 0.3 is 0 Å². The number of carbonyl (C=O) groups is 5. The van der Waals surface area contributed by atoms with Crippen molar-refractivity contribution in [2.45, 2.75) is 71.6 Å². The van der Waals surface area contributed by atoms with E-state index in [0.29, 0.717) is 77.7 Å². The van der Waals surface area contributed by atoms with Crippen LogP contribution in [-0.2, 0) is 33.9 Å². The monoisotopic (exact) mass is 781 g/mol. The van der Waals surface area contributed by atoms with Crippen LogP contribution in [0.2, 0.25) is 0 Å². The minimum atomic E-state index is -1.01. The number of amides is 5. The summed E-state index contributed by atoms with van der Waals surface area (Å²) < 4.78 is 18.9. The lowest BCUT2D eigenvalue weighted by atomic mass is 10.0. The van der Waals surface area contributed by atoms with Gasteiger partial charge in [0.2, 0.25) is 17.7 Å². The smallest absolute Gasteiger partial charge is 0.257 e. The number of benzene rings is 3. The predicted molar refractivity (Wildman–Crippen MR) is 212 cm³/mol. The molecule has 3 aromatic carbocycles. The number of hydrogen-bond acceptors (Lipinski definition) is 9. The van der Waals surface area contributed by atoms with Crippen molar-refractivity contribution in [3.05, 3.63) is 101 Å². The maximum absolute atomic E-state index is 13.9. The molecule has 1 aromatic heterocycles. The van der Waals surface area contributed by atoms with E-state index in [2.05, 4.69) is 26.4 Å². The van der Waals surface area contributed by atoms with Crippen molar-refractivity contribution in [2.24, 2.45) is 0 Å². The van der Waals surface area contributed by atoms with Gasteiger partial charge in [-0.05, 0) is 82.3 Å². The Hall–Kier alpha value is -6.38. The minimum absolute atomic E-state index is 0.0795. The number of rotatable bonds is 7. The van der Waals surface area contributed by atoms with E-state index < -0.39 is 29.8 Å². The summed E-state index contributed by atoms with van der Waals surface area (Å²) in [5.74, 6) is -0.691. The molecule has 6 rings (SSSR count). The largest absolute Gasteiger partial charge is 0.496 e. The highest BCUT2D eigenvalue weighted by Gasteiger charge is 2.28. The molecule has 4 N–H and O–H groups in total. The van der Waals surface area contributed by atoms with Crippen molar-refractivity contribution in [3.8, 4) is 23.0 Å². The highest BCUT2D eigenvalue weighted by Crippen LogP contribution is 2.35. The van der Waals surface area contributed by atoms with Crippen LogP contribution in [0.4, 0.5) is 0 Å². The Labute approximate surface area is 332 Å². The van der Waals surface area contributed by atoms with E-state index in [4.69, 9.17) is 14.2 Å². The predicted octanol–water partition coefficient (Wildman–Crippen LogP) is 3.93. The number of carbonyl (C=O) groups excluding carboxylic acids is 5. The van der Waals surface area contributed by atoms with Gasteiger partial charge in [0.15, 0.2) is 11.5 Å². The molecule has 2 aliphatic heterocycles. The second kappa shape index (κ2) is 20.0. The van der Waals surface area contributed by atoms with E-state index in [1.54, 1.807) is 61.1 Å². The van der Waals surface area contributed by atoms with Crippen molar-refractivity contribution in [1.82, 2.24) is 35.9 Å². The second-order valence-corrected chi connectivity index (χ2v) is 13.7. The standard InChI is InChI=1S/C42H51N7O8/c1-6-49-25-33(27(2)47-49)42(54)48-21-11-10-20-43-40(52)30-16-19-35(55-4)37(22-30)57-32-17-15-31(36(23-32)56-5)24-44-39(51)28(3)45-41(53)34(46-38(50)26-48)18-14-29-12-8-7-9-13-29/h7-9,12-13,15-17,19,22-23,25,28,34H,6,10-11,14,18,20-21,24,26H2,1-5H3,(H,43,52)(H,44,51)(H,45,53)(H,46,50)/t28-,34-/m0/s1. The first kappa shape index (κ1) is 41.8. The van der Waals surface area contributed by atoms with Gasteiger partial charge in [-0.25, -0.2) is 0 Å². The molecule has 0 spiro atoms. The Bertz CT molecular complexity index is 2050. The molecular weight excluding hydrogens is 731 g/mol. The van der Waals surface area contributed by atoms with Gasteiger partial charge in [0.05, 0.1) is 32.0 Å². The molecule has 5 amide bonds. The van der Waals surface area contributed by atoms with Gasteiger partial charge in [-0.15, -0.1) is 0 Å². The van der Waals surface area contributed by atoms with Gasteiger partial charge in [-0.1, -0.05) is 30.3 Å². The van der Waals surface area contributed by atoms with Crippen molar-refractivity contribution in [2.75, 3.05) is 33.9 Å². The Morgan fingerprint density at radius 1 is 0.912 bits per heavy atom. The second-order valence-electron chi connectivity index (χ2n) is 13.7. The minimum Gasteiger partial charge on any atom is -0.496 e. The maximum Gasteiger partial charge on any atom is 0.257 e. The average molecular weight is 782 g/mol. The third-order valence-electron chi connectivity index (χ3n) is 9.60. The zero-order valence-corrected chi connectivity index (χ0v) is 33.1. The normalized spacial score (nSPS) is 17.5. The first-order chi connectivity index (χ1) is 27.5. The van der Waals surface area contributed by atoms with E-state index in [1.165, 1.54) is 19.1 Å². The lowest BCUT2D eigenvalue weighted by Crippen LogP contribution is -2.54. The Morgan fingerprint density at radius 3 is 2.40 bits per heavy atom. The van der Waals surface area contributed by atoms with E-state index >= 15 is 0 Å². The Kier molecular flexibility index (Phi) is 14.6. The third-order valence-corrected chi connectivity index (χ3v) is 9.60. The maximum atomic E-state index is 13.9. The average Bonchev–Trinajstić information content (AvgIpc) is 3.60. The lowest BCUT2D eigenvalue weighted by Gasteiger charge is -2.25. The summed E-state index contributed by atoms with van der Waals surface area (Å²) in [6.07, 6.45) is 3.33. The zero-order chi connectivity index (χ0) is 40.9. The fourth-order valence-corrected chi connectivity index (χ4v) is 6.36. The van der Waals surface area contributed by atoms with Gasteiger partial charge in [0, 0.05) is 49.6 Å². The molecule has 4 bridgehead atoms. The molecule has 0 radical (unpaired) electrons. The van der Waals surface area contributed by atoms with E-state index in [9.17, 15) is 24.0 Å². The van der Waals surface area contributed by atoms with Crippen LogP contribution in [0.1, 0.15) is 70.6 Å². The topological polar surface area (TPSA) is 182 Å². The molecule has 2 aliphatic rings. The van der Waals surface area contributed by atoms with Crippen LogP contribution in [0.15, 0.2) is 72.9 Å². The lowest BCUT2D eigenvalue weighted by molar-refractivity contribution is -0.132. The number of aryl methyl sites for hydroxylation is 3.